The van der Waals surface area contributed by atoms with Gasteiger partial charge < -0.3 is 13.9 Å². The van der Waals surface area contributed by atoms with E-state index in [9.17, 15) is 26.3 Å². The Bertz CT molecular complexity index is 4140. The SMILES string of the molecule is FC(F)(F)c1ccc(N(c2cc3c(c4ccccc24)-c2c(ccc4ccccc24)C32c3ccccc3-n3c4ccccc4c4cccc2c43)c2cccc3c2oc2c(C(F)(F)F)cccc23)cc1. The van der Waals surface area contributed by atoms with Gasteiger partial charge in [0.2, 0.25) is 0 Å². The topological polar surface area (TPSA) is 21.3 Å². The van der Waals surface area contributed by atoms with Crippen molar-refractivity contribution < 1.29 is 30.8 Å². The zero-order valence-electron chi connectivity index (χ0n) is 35.5. The maximum absolute atomic E-state index is 14.6. The van der Waals surface area contributed by atoms with E-state index < -0.39 is 28.9 Å². The van der Waals surface area contributed by atoms with Crippen LogP contribution in [0.1, 0.15) is 33.4 Å². The van der Waals surface area contributed by atoms with Crippen molar-refractivity contribution in [2.24, 2.45) is 0 Å². The minimum atomic E-state index is -4.71. The number of hydrogen-bond acceptors (Lipinski definition) is 2. The van der Waals surface area contributed by atoms with Gasteiger partial charge in [0.25, 0.3) is 0 Å². The number of furan rings is 1. The summed E-state index contributed by atoms with van der Waals surface area (Å²) in [6, 6.07) is 60.6. The van der Waals surface area contributed by atoms with Crippen LogP contribution in [0.15, 0.2) is 199 Å². The van der Waals surface area contributed by atoms with E-state index in [2.05, 4.69) is 114 Å². The Hall–Kier alpha value is -8.30. The van der Waals surface area contributed by atoms with Gasteiger partial charge >= 0.3 is 12.4 Å². The van der Waals surface area contributed by atoms with Gasteiger partial charge in [-0.2, -0.15) is 26.3 Å². The Morgan fingerprint density at radius 1 is 0.426 bits per heavy atom. The molecule has 12 aromatic rings. The average molecular weight is 899 g/mol. The lowest BCUT2D eigenvalue weighted by molar-refractivity contribution is -0.138. The maximum Gasteiger partial charge on any atom is 0.420 e. The molecular formula is C59H32F6N2O. The third kappa shape index (κ3) is 5.00. The molecule has 0 saturated carbocycles. The molecule has 1 atom stereocenters. The number of fused-ring (bicyclic) bond motifs is 19. The Kier molecular flexibility index (Phi) is 7.68. The molecule has 0 amide bonds. The standard InChI is InChI=1S/C59H32F6N2O/c60-58(61,62)34-27-29-35(30-28-34)66(50-25-11-19-42-41-18-10-22-46(59(63,64)65)55(41)68-56(42)50)51-32-47-53(39-16-4-3-14-37(39)51)52-36-13-2-1-12-33(36)26-31-44(52)57(47)43-20-6-8-24-49(43)67-48-23-7-5-15-38(48)40-17-9-21-45(57)54(40)67/h1-32H. The highest BCUT2D eigenvalue weighted by atomic mass is 19.4. The minimum Gasteiger partial charge on any atom is -0.453 e. The summed E-state index contributed by atoms with van der Waals surface area (Å²) in [6.45, 7) is 0. The molecule has 10 aromatic carbocycles. The lowest BCUT2D eigenvalue weighted by atomic mass is 9.65. The van der Waals surface area contributed by atoms with Crippen molar-refractivity contribution in [1.29, 1.82) is 0 Å². The van der Waals surface area contributed by atoms with E-state index >= 15 is 0 Å². The van der Waals surface area contributed by atoms with E-state index in [1.807, 2.05) is 29.2 Å². The van der Waals surface area contributed by atoms with Crippen LogP contribution in [0.4, 0.5) is 43.4 Å². The number of anilines is 3. The van der Waals surface area contributed by atoms with E-state index in [1.165, 1.54) is 18.2 Å². The molecule has 1 aliphatic heterocycles. The first-order valence-electron chi connectivity index (χ1n) is 22.2. The number of alkyl halides is 6. The van der Waals surface area contributed by atoms with E-state index in [0.29, 0.717) is 22.4 Å². The summed E-state index contributed by atoms with van der Waals surface area (Å²) in [7, 11) is 0. The molecule has 68 heavy (non-hydrogen) atoms. The van der Waals surface area contributed by atoms with Gasteiger partial charge in [-0.15, -0.1) is 0 Å². The summed E-state index contributed by atoms with van der Waals surface area (Å²) in [5.74, 6) is 0. The molecule has 1 unspecified atom stereocenters. The van der Waals surface area contributed by atoms with Gasteiger partial charge in [-0.25, -0.2) is 0 Å². The first kappa shape index (κ1) is 38.9. The molecule has 0 fully saturated rings. The van der Waals surface area contributed by atoms with Crippen molar-refractivity contribution in [1.82, 2.24) is 4.57 Å². The predicted molar refractivity (Wildman–Crippen MR) is 259 cm³/mol. The fraction of sp³-hybridized carbons (Fsp3) is 0.0508. The molecule has 1 aliphatic carbocycles. The van der Waals surface area contributed by atoms with Gasteiger partial charge in [-0.05, 0) is 104 Å². The highest BCUT2D eigenvalue weighted by Gasteiger charge is 2.52. The fourth-order valence-corrected chi connectivity index (χ4v) is 11.8. The molecule has 0 N–H and O–H groups in total. The van der Waals surface area contributed by atoms with Crippen LogP contribution in [0, 0.1) is 0 Å². The lowest BCUT2D eigenvalue weighted by Gasteiger charge is -2.40. The van der Waals surface area contributed by atoms with E-state index in [0.717, 1.165) is 101 Å². The van der Waals surface area contributed by atoms with Crippen LogP contribution < -0.4 is 4.90 Å². The van der Waals surface area contributed by atoms with Crippen LogP contribution in [0.5, 0.6) is 0 Å². The van der Waals surface area contributed by atoms with Gasteiger partial charge in [-0.3, -0.25) is 0 Å². The Balaban J connectivity index is 1.17. The highest BCUT2D eigenvalue weighted by molar-refractivity contribution is 6.19. The zero-order chi connectivity index (χ0) is 45.8. The number of rotatable bonds is 3. The molecule has 326 valence electrons. The van der Waals surface area contributed by atoms with Crippen molar-refractivity contribution in [2.75, 3.05) is 4.90 Å². The van der Waals surface area contributed by atoms with Crippen LogP contribution in [-0.2, 0) is 17.8 Å². The summed E-state index contributed by atoms with van der Waals surface area (Å²) >= 11 is 0. The summed E-state index contributed by atoms with van der Waals surface area (Å²) < 4.78 is 95.5. The van der Waals surface area contributed by atoms with Crippen LogP contribution in [0.25, 0.3) is 82.1 Å². The van der Waals surface area contributed by atoms with Gasteiger partial charge in [0.15, 0.2) is 5.58 Å². The molecular weight excluding hydrogens is 867 g/mol. The van der Waals surface area contributed by atoms with Crippen LogP contribution in [0.3, 0.4) is 0 Å². The Morgan fingerprint density at radius 2 is 1.04 bits per heavy atom. The highest BCUT2D eigenvalue weighted by Crippen LogP contribution is 2.65. The molecule has 14 rings (SSSR count). The monoisotopic (exact) mass is 898 g/mol. The second-order valence-electron chi connectivity index (χ2n) is 17.7. The van der Waals surface area contributed by atoms with E-state index in [4.69, 9.17) is 4.42 Å². The van der Waals surface area contributed by atoms with Crippen molar-refractivity contribution in [2.45, 2.75) is 17.8 Å². The number of aromatic nitrogens is 1. The molecule has 0 saturated heterocycles. The van der Waals surface area contributed by atoms with Crippen molar-refractivity contribution in [3.8, 4) is 16.8 Å². The molecule has 3 heterocycles. The summed E-state index contributed by atoms with van der Waals surface area (Å²) in [5.41, 5.74) is 7.91. The smallest absolute Gasteiger partial charge is 0.420 e. The molecule has 3 nitrogen and oxygen atoms in total. The zero-order valence-corrected chi connectivity index (χ0v) is 35.5. The summed E-state index contributed by atoms with van der Waals surface area (Å²) in [5, 5.41) is 6.75. The van der Waals surface area contributed by atoms with E-state index in [-0.39, 0.29) is 16.6 Å². The number of nitrogens with zero attached hydrogens (tertiary/aromatic N) is 2. The van der Waals surface area contributed by atoms with Crippen LogP contribution in [0.2, 0.25) is 0 Å². The molecule has 9 heteroatoms. The normalized spacial score (nSPS) is 15.3. The van der Waals surface area contributed by atoms with Gasteiger partial charge in [0.05, 0.1) is 44.6 Å². The number of benzene rings is 10. The third-order valence-corrected chi connectivity index (χ3v) is 14.4. The van der Waals surface area contributed by atoms with Crippen molar-refractivity contribution in [3.63, 3.8) is 0 Å². The largest absolute Gasteiger partial charge is 0.453 e. The second-order valence-corrected chi connectivity index (χ2v) is 17.7. The van der Waals surface area contributed by atoms with Crippen molar-refractivity contribution in [3.05, 3.63) is 228 Å². The van der Waals surface area contributed by atoms with E-state index in [1.54, 1.807) is 24.3 Å². The number of para-hydroxylation sites is 5. The molecule has 0 bridgehead atoms. The Labute approximate surface area is 383 Å². The van der Waals surface area contributed by atoms with Gasteiger partial charge in [-0.1, -0.05) is 140 Å². The quantitative estimate of drug-likeness (QED) is 0.165. The Morgan fingerprint density at radius 3 is 1.84 bits per heavy atom. The second kappa shape index (κ2) is 13.4. The number of hydrogen-bond donors (Lipinski definition) is 0. The predicted octanol–water partition coefficient (Wildman–Crippen LogP) is 17.2. The first-order valence-corrected chi connectivity index (χ1v) is 22.2. The molecule has 2 aromatic heterocycles. The minimum absolute atomic E-state index is 0.157. The van der Waals surface area contributed by atoms with Gasteiger partial charge in [0.1, 0.15) is 5.58 Å². The third-order valence-electron chi connectivity index (χ3n) is 14.4. The lowest BCUT2D eigenvalue weighted by Crippen LogP contribution is -2.33. The maximum atomic E-state index is 14.6. The van der Waals surface area contributed by atoms with Crippen LogP contribution in [-0.4, -0.2) is 4.57 Å². The van der Waals surface area contributed by atoms with Gasteiger partial charge in [0, 0.05) is 32.6 Å². The average Bonchev–Trinajstić information content (AvgIpc) is 4.01. The van der Waals surface area contributed by atoms with Crippen LogP contribution >= 0.6 is 0 Å². The summed E-state index contributed by atoms with van der Waals surface area (Å²) in [6.07, 6.45) is -9.33. The first-order chi connectivity index (χ1) is 33.0. The van der Waals surface area contributed by atoms with Crippen molar-refractivity contribution >= 4 is 82.4 Å². The molecule has 0 radical (unpaired) electrons. The fourth-order valence-electron chi connectivity index (χ4n) is 11.8. The molecule has 1 spiro atoms. The number of halogens is 6. The summed E-state index contributed by atoms with van der Waals surface area (Å²) in [4.78, 5) is 1.85. The molecule has 2 aliphatic rings.